The van der Waals surface area contributed by atoms with Crippen molar-refractivity contribution in [2.45, 2.75) is 19.0 Å². The molecule has 1 aromatic heterocycles. The van der Waals surface area contributed by atoms with Crippen molar-refractivity contribution in [2.24, 2.45) is 0 Å². The van der Waals surface area contributed by atoms with Gasteiger partial charge in [0.15, 0.2) is 0 Å². The average molecular weight is 380 g/mol. The lowest BCUT2D eigenvalue weighted by atomic mass is 10.0. The number of hydrogen-bond donors (Lipinski definition) is 0. The Morgan fingerprint density at radius 3 is 2.81 bits per heavy atom. The van der Waals surface area contributed by atoms with Gasteiger partial charge in [-0.1, -0.05) is 12.1 Å². The van der Waals surface area contributed by atoms with Crippen LogP contribution in [-0.2, 0) is 27.3 Å². The van der Waals surface area contributed by atoms with Crippen LogP contribution >= 0.6 is 11.3 Å². The highest BCUT2D eigenvalue weighted by Crippen LogP contribution is 2.31. The van der Waals surface area contributed by atoms with E-state index in [-0.39, 0.29) is 19.0 Å². The number of halogens is 1. The Kier molecular flexibility index (Phi) is 5.79. The summed E-state index contributed by atoms with van der Waals surface area (Å²) in [6, 6.07) is 7.02. The summed E-state index contributed by atoms with van der Waals surface area (Å²) in [4.78, 5) is 30.2. The van der Waals surface area contributed by atoms with Crippen LogP contribution in [0.4, 0.5) is 4.39 Å². The van der Waals surface area contributed by atoms with E-state index in [1.165, 1.54) is 17.0 Å². The third kappa shape index (κ3) is 4.36. The average Bonchev–Trinajstić information content (AvgIpc) is 3.08. The highest BCUT2D eigenvalue weighted by atomic mass is 32.1. The van der Waals surface area contributed by atoms with Gasteiger partial charge in [-0.3, -0.25) is 4.90 Å². The van der Waals surface area contributed by atoms with Crippen LogP contribution in [0.3, 0.4) is 0 Å². The largest absolute Gasteiger partial charge is 0.462 e. The SMILES string of the molecule is O=C(OCCO[N+](=O)[O-])C(c1ccc(F)cc1)N1CCc2sccc2C1. The standard InChI is InChI=1S/C17H17FN2O5S/c18-14-3-1-12(2-4-14)16(17(21)24-8-9-25-20(22)23)19-7-5-15-13(11-19)6-10-26-15/h1-4,6,10,16H,5,7-9,11H2. The molecule has 0 aliphatic carbocycles. The number of ether oxygens (including phenoxy) is 1. The van der Waals surface area contributed by atoms with Gasteiger partial charge in [-0.2, -0.15) is 0 Å². The lowest BCUT2D eigenvalue weighted by Crippen LogP contribution is -2.38. The molecule has 1 unspecified atom stereocenters. The third-order valence-corrected chi connectivity index (χ3v) is 5.16. The van der Waals surface area contributed by atoms with Gasteiger partial charge in [0.25, 0.3) is 5.09 Å². The molecule has 7 nitrogen and oxygen atoms in total. The van der Waals surface area contributed by atoms with Crippen molar-refractivity contribution in [1.29, 1.82) is 0 Å². The molecule has 26 heavy (non-hydrogen) atoms. The Morgan fingerprint density at radius 1 is 1.31 bits per heavy atom. The fraction of sp³-hybridized carbons (Fsp3) is 0.353. The van der Waals surface area contributed by atoms with Crippen LogP contribution in [0.1, 0.15) is 22.0 Å². The molecule has 9 heteroatoms. The normalized spacial score (nSPS) is 15.1. The number of carbonyl (C=O) groups excluding carboxylic acids is 1. The number of nitrogens with zero attached hydrogens (tertiary/aromatic N) is 2. The molecule has 3 rings (SSSR count). The fourth-order valence-corrected chi connectivity index (χ4v) is 3.85. The second-order valence-electron chi connectivity index (χ2n) is 5.77. The highest BCUT2D eigenvalue weighted by molar-refractivity contribution is 7.10. The minimum Gasteiger partial charge on any atom is -0.462 e. The van der Waals surface area contributed by atoms with Crippen molar-refractivity contribution in [3.8, 4) is 0 Å². The van der Waals surface area contributed by atoms with Gasteiger partial charge >= 0.3 is 5.97 Å². The zero-order valence-corrected chi connectivity index (χ0v) is 14.6. The molecule has 138 valence electrons. The minimum atomic E-state index is -0.936. The Morgan fingerprint density at radius 2 is 2.08 bits per heavy atom. The number of fused-ring (bicyclic) bond motifs is 1. The lowest BCUT2D eigenvalue weighted by Gasteiger charge is -2.33. The molecule has 0 radical (unpaired) electrons. The van der Waals surface area contributed by atoms with Gasteiger partial charge in [-0.25, -0.2) is 9.18 Å². The molecule has 0 spiro atoms. The Bertz CT molecular complexity index is 780. The fourth-order valence-electron chi connectivity index (χ4n) is 2.96. The Labute approximate surface area is 153 Å². The summed E-state index contributed by atoms with van der Waals surface area (Å²) < 4.78 is 18.4. The molecule has 0 amide bonds. The zero-order chi connectivity index (χ0) is 18.5. The molecule has 0 saturated heterocycles. The van der Waals surface area contributed by atoms with E-state index in [1.807, 2.05) is 16.3 Å². The summed E-state index contributed by atoms with van der Waals surface area (Å²) in [5.74, 6) is -0.929. The van der Waals surface area contributed by atoms with Gasteiger partial charge in [0.2, 0.25) is 0 Å². The smallest absolute Gasteiger partial charge is 0.328 e. The number of rotatable bonds is 7. The van der Waals surface area contributed by atoms with Crippen molar-refractivity contribution in [2.75, 3.05) is 19.8 Å². The van der Waals surface area contributed by atoms with Gasteiger partial charge in [-0.05, 0) is 41.1 Å². The zero-order valence-electron chi connectivity index (χ0n) is 13.8. The quantitative estimate of drug-likeness (QED) is 0.318. The summed E-state index contributed by atoms with van der Waals surface area (Å²) in [6.07, 6.45) is 0.822. The molecule has 2 heterocycles. The third-order valence-electron chi connectivity index (χ3n) is 4.14. The summed E-state index contributed by atoms with van der Waals surface area (Å²) in [7, 11) is 0. The van der Waals surface area contributed by atoms with E-state index in [9.17, 15) is 19.3 Å². The number of carbonyl (C=O) groups is 1. The Balaban J connectivity index is 1.75. The second-order valence-corrected chi connectivity index (χ2v) is 6.77. The van der Waals surface area contributed by atoms with Gasteiger partial charge in [0.1, 0.15) is 25.1 Å². The number of thiophene rings is 1. The molecular formula is C17H17FN2O5S. The number of hydrogen-bond acceptors (Lipinski definition) is 7. The van der Waals surface area contributed by atoms with Crippen molar-refractivity contribution in [3.05, 3.63) is 67.6 Å². The monoisotopic (exact) mass is 380 g/mol. The molecular weight excluding hydrogens is 363 g/mol. The first-order chi connectivity index (χ1) is 12.5. The summed E-state index contributed by atoms with van der Waals surface area (Å²) >= 11 is 1.69. The van der Waals surface area contributed by atoms with Crippen LogP contribution in [-0.4, -0.2) is 35.7 Å². The van der Waals surface area contributed by atoms with E-state index in [1.54, 1.807) is 23.5 Å². The predicted molar refractivity (Wildman–Crippen MR) is 91.5 cm³/mol. The predicted octanol–water partition coefficient (Wildman–Crippen LogP) is 2.74. The van der Waals surface area contributed by atoms with E-state index in [2.05, 4.69) is 4.84 Å². The van der Waals surface area contributed by atoms with E-state index in [0.717, 1.165) is 12.0 Å². The van der Waals surface area contributed by atoms with Crippen LogP contribution < -0.4 is 0 Å². The molecule has 2 aromatic rings. The first-order valence-electron chi connectivity index (χ1n) is 8.03. The molecule has 1 atom stereocenters. The maximum absolute atomic E-state index is 13.3. The van der Waals surface area contributed by atoms with E-state index in [0.29, 0.717) is 18.7 Å². The summed E-state index contributed by atoms with van der Waals surface area (Å²) in [5.41, 5.74) is 1.78. The first-order valence-corrected chi connectivity index (χ1v) is 8.91. The van der Waals surface area contributed by atoms with Gasteiger partial charge in [0, 0.05) is 18.0 Å². The maximum Gasteiger partial charge on any atom is 0.328 e. The molecule has 0 fully saturated rings. The van der Waals surface area contributed by atoms with Gasteiger partial charge in [-0.15, -0.1) is 21.5 Å². The van der Waals surface area contributed by atoms with Crippen molar-refractivity contribution in [3.63, 3.8) is 0 Å². The Hall–Kier alpha value is -2.52. The van der Waals surface area contributed by atoms with Crippen molar-refractivity contribution < 1.29 is 23.8 Å². The van der Waals surface area contributed by atoms with E-state index in [4.69, 9.17) is 4.74 Å². The van der Waals surface area contributed by atoms with Crippen molar-refractivity contribution in [1.82, 2.24) is 4.90 Å². The van der Waals surface area contributed by atoms with E-state index < -0.39 is 17.1 Å². The van der Waals surface area contributed by atoms with Gasteiger partial charge in [0.05, 0.1) is 0 Å². The van der Waals surface area contributed by atoms with Crippen LogP contribution in [0.15, 0.2) is 35.7 Å². The maximum atomic E-state index is 13.3. The molecule has 1 aliphatic heterocycles. The van der Waals surface area contributed by atoms with Crippen molar-refractivity contribution >= 4 is 17.3 Å². The van der Waals surface area contributed by atoms with Crippen LogP contribution in [0.2, 0.25) is 0 Å². The van der Waals surface area contributed by atoms with E-state index >= 15 is 0 Å². The summed E-state index contributed by atoms with van der Waals surface area (Å²) in [6.45, 7) is 0.691. The van der Waals surface area contributed by atoms with Crippen LogP contribution in [0.5, 0.6) is 0 Å². The molecule has 0 saturated carbocycles. The summed E-state index contributed by atoms with van der Waals surface area (Å²) in [5, 5.41) is 11.3. The number of esters is 1. The molecule has 0 bridgehead atoms. The first kappa shape index (κ1) is 18.3. The molecule has 1 aromatic carbocycles. The lowest BCUT2D eigenvalue weighted by molar-refractivity contribution is -0.757. The van der Waals surface area contributed by atoms with Crippen LogP contribution in [0.25, 0.3) is 0 Å². The molecule has 0 N–H and O–H groups in total. The van der Waals surface area contributed by atoms with Crippen LogP contribution in [0, 0.1) is 15.9 Å². The minimum absolute atomic E-state index is 0.227. The second kappa shape index (κ2) is 8.24. The molecule has 1 aliphatic rings. The van der Waals surface area contributed by atoms with Gasteiger partial charge < -0.3 is 9.57 Å². The highest BCUT2D eigenvalue weighted by Gasteiger charge is 2.32. The topological polar surface area (TPSA) is 81.9 Å². The number of benzene rings is 1.